The van der Waals surface area contributed by atoms with E-state index in [1.165, 1.54) is 0 Å². The van der Waals surface area contributed by atoms with Crippen molar-refractivity contribution in [3.05, 3.63) is 23.8 Å². The highest BCUT2D eigenvalue weighted by Crippen LogP contribution is 2.30. The number of rotatable bonds is 5. The molecule has 1 aromatic rings. The van der Waals surface area contributed by atoms with Crippen LogP contribution in [0.15, 0.2) is 18.2 Å². The zero-order valence-corrected chi connectivity index (χ0v) is 14.0. The Morgan fingerprint density at radius 2 is 1.88 bits per heavy atom. The maximum atomic E-state index is 12.0. The highest BCUT2D eigenvalue weighted by molar-refractivity contribution is 5.73. The van der Waals surface area contributed by atoms with E-state index in [-0.39, 0.29) is 6.03 Å². The maximum absolute atomic E-state index is 12.0. The Bertz CT molecular complexity index is 561. The first kappa shape index (κ1) is 16.9. The summed E-state index contributed by atoms with van der Waals surface area (Å²) in [5.74, 6) is 1.50. The van der Waals surface area contributed by atoms with Gasteiger partial charge in [0.1, 0.15) is 13.2 Å². The number of carbonyl (C=O) groups excluding carboxylic acids is 1. The van der Waals surface area contributed by atoms with E-state index in [4.69, 9.17) is 14.2 Å². The van der Waals surface area contributed by atoms with Crippen LogP contribution >= 0.6 is 0 Å². The van der Waals surface area contributed by atoms with Gasteiger partial charge in [-0.25, -0.2) is 4.79 Å². The van der Waals surface area contributed by atoms with E-state index in [2.05, 4.69) is 22.5 Å². The Morgan fingerprint density at radius 3 is 2.67 bits per heavy atom. The number of amides is 2. The van der Waals surface area contributed by atoms with Gasteiger partial charge in [-0.3, -0.25) is 4.90 Å². The molecule has 0 spiro atoms. The van der Waals surface area contributed by atoms with E-state index in [1.54, 1.807) is 0 Å². The summed E-state index contributed by atoms with van der Waals surface area (Å²) in [6.45, 7) is 7.69. The van der Waals surface area contributed by atoms with Gasteiger partial charge in [-0.05, 0) is 24.6 Å². The third-order valence-electron chi connectivity index (χ3n) is 4.29. The Morgan fingerprint density at radius 1 is 1.12 bits per heavy atom. The molecular formula is C17H25N3O4. The Hall–Kier alpha value is -1.99. The van der Waals surface area contributed by atoms with Crippen molar-refractivity contribution in [3.8, 4) is 11.5 Å². The van der Waals surface area contributed by atoms with Crippen molar-refractivity contribution in [2.75, 3.05) is 46.1 Å². The zero-order chi connectivity index (χ0) is 16.8. The molecule has 1 unspecified atom stereocenters. The first-order valence-electron chi connectivity index (χ1n) is 8.44. The van der Waals surface area contributed by atoms with Gasteiger partial charge in [-0.1, -0.05) is 6.07 Å². The van der Waals surface area contributed by atoms with Crippen molar-refractivity contribution in [2.24, 2.45) is 0 Å². The van der Waals surface area contributed by atoms with Crippen LogP contribution in [0.5, 0.6) is 11.5 Å². The van der Waals surface area contributed by atoms with Crippen molar-refractivity contribution in [3.63, 3.8) is 0 Å². The normalized spacial score (nSPS) is 18.7. The molecule has 7 heteroatoms. The van der Waals surface area contributed by atoms with E-state index in [9.17, 15) is 4.79 Å². The highest BCUT2D eigenvalue weighted by atomic mass is 16.6. The van der Waals surface area contributed by atoms with Crippen LogP contribution in [-0.4, -0.2) is 63.0 Å². The summed E-state index contributed by atoms with van der Waals surface area (Å²) in [4.78, 5) is 14.3. The molecule has 2 amide bonds. The van der Waals surface area contributed by atoms with E-state index in [0.29, 0.717) is 32.3 Å². The average Bonchev–Trinajstić information content (AvgIpc) is 2.65. The first-order valence-corrected chi connectivity index (χ1v) is 8.44. The van der Waals surface area contributed by atoms with Gasteiger partial charge in [0, 0.05) is 32.2 Å². The molecule has 2 N–H and O–H groups in total. The SMILES string of the molecule is CC(CNC(=O)NCc1ccc2c(c1)OCCO2)N1CCOCC1. The van der Waals surface area contributed by atoms with E-state index < -0.39 is 0 Å². The minimum Gasteiger partial charge on any atom is -0.486 e. The number of benzene rings is 1. The number of carbonyl (C=O) groups is 1. The predicted octanol–water partition coefficient (Wildman–Crippen LogP) is 0.978. The van der Waals surface area contributed by atoms with E-state index >= 15 is 0 Å². The Kier molecular flexibility index (Phi) is 5.77. The summed E-state index contributed by atoms with van der Waals surface area (Å²) in [5.41, 5.74) is 0.982. The third-order valence-corrected chi connectivity index (χ3v) is 4.29. The van der Waals surface area contributed by atoms with Crippen molar-refractivity contribution in [1.29, 1.82) is 0 Å². The smallest absolute Gasteiger partial charge is 0.315 e. The molecule has 132 valence electrons. The summed E-state index contributed by atoms with van der Waals surface area (Å²) < 4.78 is 16.4. The minimum absolute atomic E-state index is 0.162. The van der Waals surface area contributed by atoms with Crippen molar-refractivity contribution < 1.29 is 19.0 Å². The maximum Gasteiger partial charge on any atom is 0.315 e. The number of urea groups is 1. The van der Waals surface area contributed by atoms with Crippen molar-refractivity contribution >= 4 is 6.03 Å². The number of hydrogen-bond donors (Lipinski definition) is 2. The van der Waals surface area contributed by atoms with Crippen molar-refractivity contribution in [1.82, 2.24) is 15.5 Å². The topological polar surface area (TPSA) is 72.1 Å². The second kappa shape index (κ2) is 8.21. The standard InChI is InChI=1S/C17H25N3O4/c1-13(20-4-6-22-7-5-20)11-18-17(21)19-12-14-2-3-15-16(10-14)24-9-8-23-15/h2-3,10,13H,4-9,11-12H2,1H3,(H2,18,19,21). The van der Waals surface area contributed by atoms with Crippen molar-refractivity contribution in [2.45, 2.75) is 19.5 Å². The molecule has 0 aromatic heterocycles. The molecule has 1 aromatic carbocycles. The average molecular weight is 335 g/mol. The van der Waals surface area contributed by atoms with Crippen LogP contribution in [-0.2, 0) is 11.3 Å². The second-order valence-electron chi connectivity index (χ2n) is 6.04. The van der Waals surface area contributed by atoms with Gasteiger partial charge in [-0.2, -0.15) is 0 Å². The lowest BCUT2D eigenvalue weighted by Gasteiger charge is -2.32. The molecule has 2 aliphatic heterocycles. The van der Waals surface area contributed by atoms with E-state index in [0.717, 1.165) is 43.4 Å². The Balaban J connectivity index is 1.40. The van der Waals surface area contributed by atoms with Gasteiger partial charge >= 0.3 is 6.03 Å². The number of morpholine rings is 1. The Labute approximate surface area is 142 Å². The molecule has 0 radical (unpaired) electrons. The van der Waals surface area contributed by atoms with Gasteiger partial charge in [0.05, 0.1) is 13.2 Å². The quantitative estimate of drug-likeness (QED) is 0.839. The molecule has 7 nitrogen and oxygen atoms in total. The molecule has 2 heterocycles. The number of fused-ring (bicyclic) bond motifs is 1. The van der Waals surface area contributed by atoms with Crippen LogP contribution < -0.4 is 20.1 Å². The number of ether oxygens (including phenoxy) is 3. The number of nitrogens with zero attached hydrogens (tertiary/aromatic N) is 1. The van der Waals surface area contributed by atoms with Crippen LogP contribution in [0.25, 0.3) is 0 Å². The van der Waals surface area contributed by atoms with Gasteiger partial charge in [-0.15, -0.1) is 0 Å². The summed E-state index contributed by atoms with van der Waals surface area (Å²) >= 11 is 0. The van der Waals surface area contributed by atoms with Gasteiger partial charge in [0.25, 0.3) is 0 Å². The zero-order valence-electron chi connectivity index (χ0n) is 14.0. The third kappa shape index (κ3) is 4.52. The summed E-state index contributed by atoms with van der Waals surface area (Å²) in [6, 6.07) is 5.86. The van der Waals surface area contributed by atoms with Gasteiger partial charge < -0.3 is 24.8 Å². The fourth-order valence-corrected chi connectivity index (χ4v) is 2.83. The molecule has 1 atom stereocenters. The van der Waals surface area contributed by atoms with Crippen LogP contribution in [0.3, 0.4) is 0 Å². The van der Waals surface area contributed by atoms with Crippen LogP contribution in [0.1, 0.15) is 12.5 Å². The van der Waals surface area contributed by atoms with Gasteiger partial charge in [0.2, 0.25) is 0 Å². The number of nitrogens with one attached hydrogen (secondary N) is 2. The fourth-order valence-electron chi connectivity index (χ4n) is 2.83. The molecule has 0 aliphatic carbocycles. The molecule has 0 saturated carbocycles. The molecular weight excluding hydrogens is 310 g/mol. The summed E-state index contributed by atoms with van der Waals surface area (Å²) in [5, 5.41) is 5.80. The first-order chi connectivity index (χ1) is 11.7. The molecule has 1 fully saturated rings. The predicted molar refractivity (Wildman–Crippen MR) is 89.5 cm³/mol. The molecule has 0 bridgehead atoms. The lowest BCUT2D eigenvalue weighted by molar-refractivity contribution is 0.0209. The van der Waals surface area contributed by atoms with Crippen LogP contribution in [0.4, 0.5) is 4.79 Å². The molecule has 2 aliphatic rings. The monoisotopic (exact) mass is 335 g/mol. The van der Waals surface area contributed by atoms with Crippen LogP contribution in [0, 0.1) is 0 Å². The second-order valence-corrected chi connectivity index (χ2v) is 6.04. The largest absolute Gasteiger partial charge is 0.486 e. The minimum atomic E-state index is -0.162. The van der Waals surface area contributed by atoms with Crippen LogP contribution in [0.2, 0.25) is 0 Å². The lowest BCUT2D eigenvalue weighted by Crippen LogP contribution is -2.48. The summed E-state index contributed by atoms with van der Waals surface area (Å²) in [7, 11) is 0. The number of hydrogen-bond acceptors (Lipinski definition) is 5. The molecule has 1 saturated heterocycles. The molecule has 24 heavy (non-hydrogen) atoms. The fraction of sp³-hybridized carbons (Fsp3) is 0.588. The lowest BCUT2D eigenvalue weighted by atomic mass is 10.2. The highest BCUT2D eigenvalue weighted by Gasteiger charge is 2.17. The van der Waals surface area contributed by atoms with Gasteiger partial charge in [0.15, 0.2) is 11.5 Å². The molecule has 3 rings (SSSR count). The summed E-state index contributed by atoms with van der Waals surface area (Å²) in [6.07, 6.45) is 0. The van der Waals surface area contributed by atoms with E-state index in [1.807, 2.05) is 18.2 Å².